The highest BCUT2D eigenvalue weighted by atomic mass is 16.5. The summed E-state index contributed by atoms with van der Waals surface area (Å²) in [6, 6.07) is 17.7. The second-order valence-electron chi connectivity index (χ2n) is 3.86. The molecule has 3 nitrogen and oxygen atoms in total. The first-order chi connectivity index (χ1) is 8.90. The van der Waals surface area contributed by atoms with E-state index in [0.29, 0.717) is 19.8 Å². The summed E-state index contributed by atoms with van der Waals surface area (Å²) in [5.74, 6) is 1.48. The van der Waals surface area contributed by atoms with Crippen LogP contribution in [0.2, 0.25) is 0 Å². The molecule has 0 fully saturated rings. The highest BCUT2D eigenvalue weighted by Crippen LogP contribution is 2.27. The van der Waals surface area contributed by atoms with Crippen LogP contribution in [0.3, 0.4) is 0 Å². The van der Waals surface area contributed by atoms with Crippen molar-refractivity contribution >= 4 is 0 Å². The Bertz CT molecular complexity index is 471. The van der Waals surface area contributed by atoms with Gasteiger partial charge in [-0.05, 0) is 17.7 Å². The van der Waals surface area contributed by atoms with Crippen LogP contribution < -0.4 is 15.2 Å². The van der Waals surface area contributed by atoms with E-state index in [2.05, 4.69) is 0 Å². The Labute approximate surface area is 107 Å². The van der Waals surface area contributed by atoms with Gasteiger partial charge in [0.2, 0.25) is 0 Å². The first-order valence-electron chi connectivity index (χ1n) is 5.99. The minimum absolute atomic E-state index is 0.492. The van der Waals surface area contributed by atoms with Gasteiger partial charge in [0, 0.05) is 6.54 Å². The van der Waals surface area contributed by atoms with Gasteiger partial charge < -0.3 is 15.2 Å². The largest absolute Gasteiger partial charge is 0.488 e. The average Bonchev–Trinajstić information content (AvgIpc) is 2.45. The van der Waals surface area contributed by atoms with Gasteiger partial charge in [-0.3, -0.25) is 0 Å². The molecule has 0 aliphatic carbocycles. The molecule has 0 atom stereocenters. The molecule has 2 rings (SSSR count). The molecule has 0 bridgehead atoms. The van der Waals surface area contributed by atoms with Gasteiger partial charge in [-0.2, -0.15) is 0 Å². The SMILES string of the molecule is NCCOc1ccccc1OCc1ccccc1. The number of hydrogen-bond acceptors (Lipinski definition) is 3. The van der Waals surface area contributed by atoms with Crippen molar-refractivity contribution in [2.45, 2.75) is 6.61 Å². The van der Waals surface area contributed by atoms with E-state index in [1.165, 1.54) is 0 Å². The third kappa shape index (κ3) is 3.50. The molecule has 0 amide bonds. The zero-order chi connectivity index (χ0) is 12.6. The van der Waals surface area contributed by atoms with Crippen LogP contribution >= 0.6 is 0 Å². The Morgan fingerprint density at radius 1 is 0.778 bits per heavy atom. The lowest BCUT2D eigenvalue weighted by molar-refractivity contribution is 0.266. The van der Waals surface area contributed by atoms with E-state index >= 15 is 0 Å². The molecule has 0 radical (unpaired) electrons. The number of nitrogens with two attached hydrogens (primary N) is 1. The fraction of sp³-hybridized carbons (Fsp3) is 0.200. The second-order valence-corrected chi connectivity index (χ2v) is 3.86. The molecule has 2 aromatic rings. The molecule has 0 spiro atoms. The van der Waals surface area contributed by atoms with Crippen molar-refractivity contribution in [2.24, 2.45) is 5.73 Å². The molecule has 0 saturated heterocycles. The Morgan fingerprint density at radius 3 is 2.06 bits per heavy atom. The fourth-order valence-electron chi connectivity index (χ4n) is 1.59. The summed E-state index contributed by atoms with van der Waals surface area (Å²) in [5, 5.41) is 0. The van der Waals surface area contributed by atoms with Crippen molar-refractivity contribution in [3.63, 3.8) is 0 Å². The van der Waals surface area contributed by atoms with Crippen molar-refractivity contribution < 1.29 is 9.47 Å². The smallest absolute Gasteiger partial charge is 0.161 e. The van der Waals surface area contributed by atoms with E-state index in [0.717, 1.165) is 17.1 Å². The Kier molecular flexibility index (Phi) is 4.61. The second kappa shape index (κ2) is 6.67. The molecular weight excluding hydrogens is 226 g/mol. The van der Waals surface area contributed by atoms with Crippen molar-refractivity contribution in [3.05, 3.63) is 60.2 Å². The Morgan fingerprint density at radius 2 is 1.39 bits per heavy atom. The molecule has 0 saturated carbocycles. The zero-order valence-corrected chi connectivity index (χ0v) is 10.2. The maximum atomic E-state index is 5.75. The minimum Gasteiger partial charge on any atom is -0.488 e. The molecule has 3 heteroatoms. The Hall–Kier alpha value is -2.00. The predicted molar refractivity (Wildman–Crippen MR) is 71.8 cm³/mol. The van der Waals surface area contributed by atoms with Gasteiger partial charge in [-0.25, -0.2) is 0 Å². The van der Waals surface area contributed by atoms with Crippen molar-refractivity contribution in [3.8, 4) is 11.5 Å². The van der Waals surface area contributed by atoms with Crippen LogP contribution in [-0.2, 0) is 6.61 Å². The van der Waals surface area contributed by atoms with Gasteiger partial charge >= 0.3 is 0 Å². The molecule has 0 aliphatic rings. The lowest BCUT2D eigenvalue weighted by atomic mass is 10.2. The maximum Gasteiger partial charge on any atom is 0.161 e. The van der Waals surface area contributed by atoms with Gasteiger partial charge in [0.15, 0.2) is 11.5 Å². The molecule has 18 heavy (non-hydrogen) atoms. The molecule has 2 N–H and O–H groups in total. The lowest BCUT2D eigenvalue weighted by Gasteiger charge is -2.12. The first kappa shape index (κ1) is 12.5. The zero-order valence-electron chi connectivity index (χ0n) is 10.2. The van der Waals surface area contributed by atoms with Crippen LogP contribution in [0.25, 0.3) is 0 Å². The third-order valence-corrected chi connectivity index (χ3v) is 2.46. The van der Waals surface area contributed by atoms with E-state index in [-0.39, 0.29) is 0 Å². The van der Waals surface area contributed by atoms with Crippen molar-refractivity contribution in [1.29, 1.82) is 0 Å². The number of benzene rings is 2. The number of hydrogen-bond donors (Lipinski definition) is 1. The van der Waals surface area contributed by atoms with Gasteiger partial charge in [-0.1, -0.05) is 42.5 Å². The average molecular weight is 243 g/mol. The summed E-state index contributed by atoms with van der Waals surface area (Å²) in [6.45, 7) is 1.52. The fourth-order valence-corrected chi connectivity index (χ4v) is 1.59. The highest BCUT2D eigenvalue weighted by molar-refractivity contribution is 5.39. The monoisotopic (exact) mass is 243 g/mol. The lowest BCUT2D eigenvalue weighted by Crippen LogP contribution is -2.11. The molecule has 0 aromatic heterocycles. The van der Waals surface area contributed by atoms with E-state index in [1.54, 1.807) is 0 Å². The predicted octanol–water partition coefficient (Wildman–Crippen LogP) is 2.60. The third-order valence-electron chi connectivity index (χ3n) is 2.46. The molecule has 0 aliphatic heterocycles. The summed E-state index contributed by atoms with van der Waals surface area (Å²) in [7, 11) is 0. The van der Waals surface area contributed by atoms with Crippen molar-refractivity contribution in [1.82, 2.24) is 0 Å². The molecule has 2 aromatic carbocycles. The Balaban J connectivity index is 2.00. The maximum absolute atomic E-state index is 5.75. The van der Waals surface area contributed by atoms with E-state index in [4.69, 9.17) is 15.2 Å². The number of para-hydroxylation sites is 2. The van der Waals surface area contributed by atoms with Crippen LogP contribution in [0.4, 0.5) is 0 Å². The number of rotatable bonds is 6. The standard InChI is InChI=1S/C15H17NO2/c16-10-11-17-14-8-4-5-9-15(14)18-12-13-6-2-1-3-7-13/h1-9H,10-12,16H2. The normalized spacial score (nSPS) is 10.1. The quantitative estimate of drug-likeness (QED) is 0.848. The highest BCUT2D eigenvalue weighted by Gasteiger charge is 2.03. The van der Waals surface area contributed by atoms with Gasteiger partial charge in [0.05, 0.1) is 0 Å². The summed E-state index contributed by atoms with van der Waals surface area (Å²) >= 11 is 0. The van der Waals surface area contributed by atoms with Gasteiger partial charge in [0.25, 0.3) is 0 Å². The van der Waals surface area contributed by atoms with Crippen LogP contribution in [0, 0.1) is 0 Å². The van der Waals surface area contributed by atoms with Crippen molar-refractivity contribution in [2.75, 3.05) is 13.2 Å². The van der Waals surface area contributed by atoms with E-state index < -0.39 is 0 Å². The molecule has 0 heterocycles. The summed E-state index contributed by atoms with van der Waals surface area (Å²) in [5.41, 5.74) is 6.56. The van der Waals surface area contributed by atoms with Crippen LogP contribution in [-0.4, -0.2) is 13.2 Å². The topological polar surface area (TPSA) is 44.5 Å². The summed E-state index contributed by atoms with van der Waals surface area (Å²) in [6.07, 6.45) is 0. The molecular formula is C15H17NO2. The van der Waals surface area contributed by atoms with Crippen LogP contribution in [0.5, 0.6) is 11.5 Å². The summed E-state index contributed by atoms with van der Waals surface area (Å²) < 4.78 is 11.3. The van der Waals surface area contributed by atoms with E-state index in [9.17, 15) is 0 Å². The van der Waals surface area contributed by atoms with E-state index in [1.807, 2.05) is 54.6 Å². The minimum atomic E-state index is 0.492. The molecule has 94 valence electrons. The summed E-state index contributed by atoms with van der Waals surface area (Å²) in [4.78, 5) is 0. The number of ether oxygens (including phenoxy) is 2. The van der Waals surface area contributed by atoms with Crippen LogP contribution in [0.1, 0.15) is 5.56 Å². The first-order valence-corrected chi connectivity index (χ1v) is 5.99. The van der Waals surface area contributed by atoms with Crippen LogP contribution in [0.15, 0.2) is 54.6 Å². The molecule has 0 unspecified atom stereocenters. The van der Waals surface area contributed by atoms with Gasteiger partial charge in [0.1, 0.15) is 13.2 Å². The van der Waals surface area contributed by atoms with Gasteiger partial charge in [-0.15, -0.1) is 0 Å².